The van der Waals surface area contributed by atoms with Crippen molar-refractivity contribution in [2.75, 3.05) is 6.54 Å². The number of amides is 1. The Bertz CT molecular complexity index is 608. The zero-order valence-electron chi connectivity index (χ0n) is 12.3. The second-order valence-electron chi connectivity index (χ2n) is 5.59. The van der Waals surface area contributed by atoms with E-state index in [2.05, 4.69) is 23.4 Å². The molecule has 0 unspecified atom stereocenters. The second kappa shape index (κ2) is 5.97. The van der Waals surface area contributed by atoms with Gasteiger partial charge in [0.2, 0.25) is 0 Å². The van der Waals surface area contributed by atoms with E-state index in [4.69, 9.17) is 4.42 Å². The Labute approximate surface area is 128 Å². The maximum absolute atomic E-state index is 12.6. The molecule has 0 aromatic carbocycles. The standard InChI is InChI=1S/C15H19N3O2S/c1-3-11-4-5-14(20-11)13-8-10(2)6-7-18(13)15(19)12-9-21-17-16-12/h4-5,9-10,13H,3,6-8H2,1-2H3/t10-,13-/m1/s1. The van der Waals surface area contributed by atoms with Gasteiger partial charge in [0.05, 0.1) is 6.04 Å². The first-order valence-corrected chi connectivity index (χ1v) is 8.19. The predicted molar refractivity (Wildman–Crippen MR) is 80.2 cm³/mol. The van der Waals surface area contributed by atoms with Crippen molar-refractivity contribution in [2.24, 2.45) is 5.92 Å². The fourth-order valence-electron chi connectivity index (χ4n) is 2.82. The number of likely N-dealkylation sites (tertiary alicyclic amines) is 1. The molecule has 0 radical (unpaired) electrons. The van der Waals surface area contributed by atoms with E-state index in [-0.39, 0.29) is 11.9 Å². The van der Waals surface area contributed by atoms with Crippen molar-refractivity contribution < 1.29 is 9.21 Å². The van der Waals surface area contributed by atoms with Crippen molar-refractivity contribution in [1.82, 2.24) is 14.5 Å². The molecular weight excluding hydrogens is 286 g/mol. The molecule has 1 amide bonds. The lowest BCUT2D eigenvalue weighted by Crippen LogP contribution is -2.40. The molecule has 1 aliphatic rings. The van der Waals surface area contributed by atoms with Gasteiger partial charge in [-0.25, -0.2) is 0 Å². The Kier molecular flexibility index (Phi) is 4.05. The van der Waals surface area contributed by atoms with Gasteiger partial charge in [-0.1, -0.05) is 18.3 Å². The van der Waals surface area contributed by atoms with Gasteiger partial charge in [-0.2, -0.15) is 0 Å². The zero-order valence-corrected chi connectivity index (χ0v) is 13.1. The van der Waals surface area contributed by atoms with Gasteiger partial charge in [-0.3, -0.25) is 4.79 Å². The second-order valence-corrected chi connectivity index (χ2v) is 6.20. The monoisotopic (exact) mass is 305 g/mol. The predicted octanol–water partition coefficient (Wildman–Crippen LogP) is 3.31. The van der Waals surface area contributed by atoms with Crippen LogP contribution in [0.25, 0.3) is 0 Å². The summed E-state index contributed by atoms with van der Waals surface area (Å²) < 4.78 is 9.68. The first-order valence-electron chi connectivity index (χ1n) is 7.35. The SMILES string of the molecule is CCc1ccc([C@H]2C[C@H](C)CCN2C(=O)c2csnn2)o1. The Morgan fingerprint density at radius 3 is 3.05 bits per heavy atom. The van der Waals surface area contributed by atoms with Crippen molar-refractivity contribution in [3.8, 4) is 0 Å². The zero-order chi connectivity index (χ0) is 14.8. The van der Waals surface area contributed by atoms with Crippen LogP contribution in [0.15, 0.2) is 21.9 Å². The summed E-state index contributed by atoms with van der Waals surface area (Å²) in [6, 6.07) is 4.01. The van der Waals surface area contributed by atoms with Crippen LogP contribution < -0.4 is 0 Å². The highest BCUT2D eigenvalue weighted by Gasteiger charge is 2.34. The average Bonchev–Trinajstić information content (AvgIpc) is 3.18. The molecule has 1 saturated heterocycles. The summed E-state index contributed by atoms with van der Waals surface area (Å²) in [4.78, 5) is 14.5. The summed E-state index contributed by atoms with van der Waals surface area (Å²) in [7, 11) is 0. The molecule has 0 bridgehead atoms. The highest BCUT2D eigenvalue weighted by Crippen LogP contribution is 2.35. The van der Waals surface area contributed by atoms with Crippen molar-refractivity contribution in [2.45, 2.75) is 39.2 Å². The summed E-state index contributed by atoms with van der Waals surface area (Å²) in [6.45, 7) is 5.03. The fraction of sp³-hybridized carbons (Fsp3) is 0.533. The summed E-state index contributed by atoms with van der Waals surface area (Å²) >= 11 is 1.21. The molecular formula is C15H19N3O2S. The lowest BCUT2D eigenvalue weighted by molar-refractivity contribution is 0.0513. The van der Waals surface area contributed by atoms with Crippen molar-refractivity contribution in [3.05, 3.63) is 34.7 Å². The number of aryl methyl sites for hydroxylation is 1. The molecule has 112 valence electrons. The Hall–Kier alpha value is -1.69. The molecule has 3 heterocycles. The third-order valence-electron chi connectivity index (χ3n) is 4.06. The van der Waals surface area contributed by atoms with Crippen LogP contribution in [0.1, 0.15) is 54.7 Å². The largest absolute Gasteiger partial charge is 0.464 e. The van der Waals surface area contributed by atoms with Gasteiger partial charge in [0.15, 0.2) is 5.69 Å². The molecule has 0 saturated carbocycles. The molecule has 6 heteroatoms. The summed E-state index contributed by atoms with van der Waals surface area (Å²) in [5, 5.41) is 5.61. The van der Waals surface area contributed by atoms with Crippen LogP contribution in [0.3, 0.4) is 0 Å². The first-order chi connectivity index (χ1) is 10.2. The van der Waals surface area contributed by atoms with Crippen LogP contribution in [-0.2, 0) is 6.42 Å². The molecule has 0 N–H and O–H groups in total. The summed E-state index contributed by atoms with van der Waals surface area (Å²) in [5.74, 6) is 2.39. The number of hydrogen-bond acceptors (Lipinski definition) is 5. The highest BCUT2D eigenvalue weighted by atomic mass is 32.1. The topological polar surface area (TPSA) is 59.2 Å². The van der Waals surface area contributed by atoms with E-state index in [1.54, 1.807) is 5.38 Å². The number of piperidine rings is 1. The van der Waals surface area contributed by atoms with Crippen molar-refractivity contribution in [1.29, 1.82) is 0 Å². The molecule has 3 rings (SSSR count). The van der Waals surface area contributed by atoms with Crippen LogP contribution in [-0.4, -0.2) is 26.9 Å². The van der Waals surface area contributed by atoms with E-state index in [0.717, 1.165) is 37.3 Å². The van der Waals surface area contributed by atoms with Crippen LogP contribution in [0, 0.1) is 5.92 Å². The van der Waals surface area contributed by atoms with E-state index >= 15 is 0 Å². The maximum Gasteiger partial charge on any atom is 0.275 e. The van der Waals surface area contributed by atoms with E-state index < -0.39 is 0 Å². The smallest absolute Gasteiger partial charge is 0.275 e. The van der Waals surface area contributed by atoms with E-state index in [9.17, 15) is 4.79 Å². The highest BCUT2D eigenvalue weighted by molar-refractivity contribution is 7.03. The van der Waals surface area contributed by atoms with Gasteiger partial charge >= 0.3 is 0 Å². The molecule has 21 heavy (non-hydrogen) atoms. The molecule has 1 aliphatic heterocycles. The van der Waals surface area contributed by atoms with Gasteiger partial charge in [-0.05, 0) is 42.4 Å². The van der Waals surface area contributed by atoms with E-state index in [0.29, 0.717) is 11.6 Å². The van der Waals surface area contributed by atoms with E-state index in [1.165, 1.54) is 11.5 Å². The van der Waals surface area contributed by atoms with Gasteiger partial charge in [0, 0.05) is 18.3 Å². The third-order valence-corrected chi connectivity index (χ3v) is 4.57. The maximum atomic E-state index is 12.6. The molecule has 2 aromatic heterocycles. The molecule has 0 spiro atoms. The lowest BCUT2D eigenvalue weighted by Gasteiger charge is -2.37. The molecule has 2 aromatic rings. The Balaban J connectivity index is 1.87. The van der Waals surface area contributed by atoms with Gasteiger partial charge in [0.25, 0.3) is 5.91 Å². The minimum atomic E-state index is -0.0462. The Morgan fingerprint density at radius 2 is 2.38 bits per heavy atom. The number of furan rings is 1. The van der Waals surface area contributed by atoms with Gasteiger partial charge < -0.3 is 9.32 Å². The number of aromatic nitrogens is 2. The van der Waals surface area contributed by atoms with Crippen molar-refractivity contribution in [3.63, 3.8) is 0 Å². The normalized spacial score (nSPS) is 22.5. The van der Waals surface area contributed by atoms with E-state index in [1.807, 2.05) is 17.0 Å². The average molecular weight is 305 g/mol. The van der Waals surface area contributed by atoms with Crippen LogP contribution in [0.4, 0.5) is 0 Å². The lowest BCUT2D eigenvalue weighted by atomic mass is 9.91. The molecule has 0 aliphatic carbocycles. The van der Waals surface area contributed by atoms with Gasteiger partial charge in [0.1, 0.15) is 11.5 Å². The molecule has 1 fully saturated rings. The minimum absolute atomic E-state index is 0.00301. The Morgan fingerprint density at radius 1 is 1.52 bits per heavy atom. The van der Waals surface area contributed by atoms with Crippen LogP contribution >= 0.6 is 11.5 Å². The van der Waals surface area contributed by atoms with Crippen molar-refractivity contribution >= 4 is 17.4 Å². The molecule has 5 nitrogen and oxygen atoms in total. The minimum Gasteiger partial charge on any atom is -0.464 e. The molecule has 2 atom stereocenters. The number of rotatable bonds is 3. The number of carbonyl (C=O) groups excluding carboxylic acids is 1. The quantitative estimate of drug-likeness (QED) is 0.873. The number of hydrogen-bond donors (Lipinski definition) is 0. The number of carbonyl (C=O) groups is 1. The summed E-state index contributed by atoms with van der Waals surface area (Å²) in [5.41, 5.74) is 0.432. The van der Waals surface area contributed by atoms with Gasteiger partial charge in [-0.15, -0.1) is 5.10 Å². The number of nitrogens with zero attached hydrogens (tertiary/aromatic N) is 3. The van der Waals surface area contributed by atoms with Crippen LogP contribution in [0.5, 0.6) is 0 Å². The summed E-state index contributed by atoms with van der Waals surface area (Å²) in [6.07, 6.45) is 2.81. The fourth-order valence-corrected chi connectivity index (χ4v) is 3.25. The third kappa shape index (κ3) is 2.85. The van der Waals surface area contributed by atoms with Crippen LogP contribution in [0.2, 0.25) is 0 Å². The first kappa shape index (κ1) is 14.3.